The second-order valence-corrected chi connectivity index (χ2v) is 7.60. The Labute approximate surface area is 165 Å². The number of benzene rings is 1. The van der Waals surface area contributed by atoms with E-state index in [1.54, 1.807) is 29.6 Å². The minimum absolute atomic E-state index is 0.176. The van der Waals surface area contributed by atoms with Crippen LogP contribution in [-0.2, 0) is 17.9 Å². The molecule has 0 aliphatic carbocycles. The number of fused-ring (bicyclic) bond motifs is 1. The zero-order chi connectivity index (χ0) is 19.6. The van der Waals surface area contributed by atoms with Crippen LogP contribution in [0.25, 0.3) is 10.2 Å². The number of halogens is 1. The molecule has 27 heavy (non-hydrogen) atoms. The minimum atomic E-state index is -0.461. The second kappa shape index (κ2) is 8.10. The normalized spacial score (nSPS) is 11.1. The first-order chi connectivity index (χ1) is 12.9. The van der Waals surface area contributed by atoms with Crippen molar-refractivity contribution in [1.82, 2.24) is 9.13 Å². The molecule has 2 heterocycles. The third-order valence-corrected chi connectivity index (χ3v) is 5.72. The summed E-state index contributed by atoms with van der Waals surface area (Å²) >= 11 is 7.37. The molecule has 0 fully saturated rings. The summed E-state index contributed by atoms with van der Waals surface area (Å²) in [5.41, 5.74) is 1.09. The van der Waals surface area contributed by atoms with E-state index in [2.05, 4.69) is 5.32 Å². The van der Waals surface area contributed by atoms with Gasteiger partial charge in [-0.2, -0.15) is 0 Å². The zero-order valence-electron chi connectivity index (χ0n) is 15.1. The Morgan fingerprint density at radius 1 is 1.22 bits per heavy atom. The van der Waals surface area contributed by atoms with Gasteiger partial charge in [-0.15, -0.1) is 11.3 Å². The molecular formula is C19H20ClN3O3S. The summed E-state index contributed by atoms with van der Waals surface area (Å²) in [5.74, 6) is -0.351. The van der Waals surface area contributed by atoms with Crippen molar-refractivity contribution in [2.24, 2.45) is 0 Å². The number of carbonyl (C=O) groups is 1. The molecule has 1 amide bonds. The number of thiophene rings is 1. The van der Waals surface area contributed by atoms with E-state index in [4.69, 9.17) is 11.6 Å². The first-order valence-electron chi connectivity index (χ1n) is 8.69. The Morgan fingerprint density at radius 2 is 2.00 bits per heavy atom. The van der Waals surface area contributed by atoms with E-state index in [0.29, 0.717) is 27.5 Å². The SMILES string of the molecule is CCCCn1c(=O)c2sccc2n(CC(=O)Nc2cccc(Cl)c2C)c1=O. The Balaban J connectivity index is 1.97. The lowest BCUT2D eigenvalue weighted by atomic mass is 10.2. The summed E-state index contributed by atoms with van der Waals surface area (Å²) in [4.78, 5) is 38.0. The quantitative estimate of drug-likeness (QED) is 0.680. The highest BCUT2D eigenvalue weighted by Gasteiger charge is 2.16. The zero-order valence-corrected chi connectivity index (χ0v) is 16.7. The molecule has 0 saturated carbocycles. The van der Waals surface area contributed by atoms with Crippen LogP contribution in [0.2, 0.25) is 5.02 Å². The van der Waals surface area contributed by atoms with Gasteiger partial charge in [0.25, 0.3) is 5.56 Å². The number of aromatic nitrogens is 2. The third kappa shape index (κ3) is 3.84. The van der Waals surface area contributed by atoms with Crippen molar-refractivity contribution in [3.63, 3.8) is 0 Å². The Morgan fingerprint density at radius 3 is 2.74 bits per heavy atom. The molecule has 0 saturated heterocycles. The first kappa shape index (κ1) is 19.4. The van der Waals surface area contributed by atoms with Gasteiger partial charge in [0, 0.05) is 17.3 Å². The number of anilines is 1. The van der Waals surface area contributed by atoms with Gasteiger partial charge in [-0.3, -0.25) is 18.7 Å². The molecule has 0 atom stereocenters. The minimum Gasteiger partial charge on any atom is -0.324 e. The largest absolute Gasteiger partial charge is 0.332 e. The van der Waals surface area contributed by atoms with Crippen molar-refractivity contribution < 1.29 is 4.79 Å². The van der Waals surface area contributed by atoms with Crippen molar-refractivity contribution >= 4 is 44.7 Å². The van der Waals surface area contributed by atoms with Crippen LogP contribution in [0.1, 0.15) is 25.3 Å². The molecule has 3 rings (SSSR count). The molecule has 0 unspecified atom stereocenters. The van der Waals surface area contributed by atoms with Gasteiger partial charge in [-0.25, -0.2) is 4.79 Å². The highest BCUT2D eigenvalue weighted by Crippen LogP contribution is 2.23. The van der Waals surface area contributed by atoms with Crippen LogP contribution >= 0.6 is 22.9 Å². The maximum absolute atomic E-state index is 12.8. The van der Waals surface area contributed by atoms with Crippen LogP contribution in [-0.4, -0.2) is 15.0 Å². The molecular weight excluding hydrogens is 386 g/mol. The smallest absolute Gasteiger partial charge is 0.324 e. The lowest BCUT2D eigenvalue weighted by Gasteiger charge is -2.13. The van der Waals surface area contributed by atoms with E-state index >= 15 is 0 Å². The number of nitrogens with zero attached hydrogens (tertiary/aromatic N) is 2. The predicted molar refractivity (Wildman–Crippen MR) is 110 cm³/mol. The summed E-state index contributed by atoms with van der Waals surface area (Å²) in [5, 5.41) is 5.10. The van der Waals surface area contributed by atoms with E-state index in [9.17, 15) is 14.4 Å². The average molecular weight is 406 g/mol. The van der Waals surface area contributed by atoms with Gasteiger partial charge in [-0.1, -0.05) is 31.0 Å². The summed E-state index contributed by atoms with van der Waals surface area (Å²) in [6, 6.07) is 6.95. The molecule has 8 heteroatoms. The fourth-order valence-corrected chi connectivity index (χ4v) is 3.89. The third-order valence-electron chi connectivity index (χ3n) is 4.42. The number of carbonyl (C=O) groups excluding carboxylic acids is 1. The van der Waals surface area contributed by atoms with Gasteiger partial charge in [0.05, 0.1) is 5.52 Å². The van der Waals surface area contributed by atoms with E-state index in [1.807, 2.05) is 13.8 Å². The molecule has 142 valence electrons. The summed E-state index contributed by atoms with van der Waals surface area (Å²) in [6.07, 6.45) is 1.59. The molecule has 2 aromatic heterocycles. The number of unbranched alkanes of at least 4 members (excludes halogenated alkanes) is 1. The van der Waals surface area contributed by atoms with E-state index in [1.165, 1.54) is 20.5 Å². The number of hydrogen-bond donors (Lipinski definition) is 1. The van der Waals surface area contributed by atoms with Crippen molar-refractivity contribution in [2.45, 2.75) is 39.8 Å². The lowest BCUT2D eigenvalue weighted by molar-refractivity contribution is -0.116. The standard InChI is InChI=1S/C19H20ClN3O3S/c1-3-4-9-22-18(25)17-15(8-10-27-17)23(19(22)26)11-16(24)21-14-7-5-6-13(20)12(14)2/h5-8,10H,3-4,9,11H2,1-2H3,(H,21,24). The second-order valence-electron chi connectivity index (χ2n) is 6.27. The van der Waals surface area contributed by atoms with Gasteiger partial charge in [-0.05, 0) is 42.5 Å². The van der Waals surface area contributed by atoms with E-state index < -0.39 is 5.69 Å². The van der Waals surface area contributed by atoms with Crippen LogP contribution in [0.3, 0.4) is 0 Å². The average Bonchev–Trinajstić information content (AvgIpc) is 3.12. The van der Waals surface area contributed by atoms with Crippen LogP contribution < -0.4 is 16.6 Å². The van der Waals surface area contributed by atoms with E-state index in [-0.39, 0.29) is 18.0 Å². The van der Waals surface area contributed by atoms with Crippen LogP contribution in [0.4, 0.5) is 5.69 Å². The van der Waals surface area contributed by atoms with Gasteiger partial charge < -0.3 is 5.32 Å². The van der Waals surface area contributed by atoms with Gasteiger partial charge >= 0.3 is 5.69 Å². The van der Waals surface area contributed by atoms with Gasteiger partial charge in [0.2, 0.25) is 5.91 Å². The molecule has 0 aliphatic rings. The van der Waals surface area contributed by atoms with Crippen molar-refractivity contribution in [3.05, 3.63) is 61.1 Å². The molecule has 3 aromatic rings. The molecule has 6 nitrogen and oxygen atoms in total. The summed E-state index contributed by atoms with van der Waals surface area (Å²) in [6.45, 7) is 3.97. The lowest BCUT2D eigenvalue weighted by Crippen LogP contribution is -2.41. The number of rotatable bonds is 6. The number of hydrogen-bond acceptors (Lipinski definition) is 4. The summed E-state index contributed by atoms with van der Waals surface area (Å²) < 4.78 is 3.07. The van der Waals surface area contributed by atoms with Crippen LogP contribution in [0.5, 0.6) is 0 Å². The highest BCUT2D eigenvalue weighted by molar-refractivity contribution is 7.17. The first-order valence-corrected chi connectivity index (χ1v) is 9.95. The molecule has 1 N–H and O–H groups in total. The molecule has 1 aromatic carbocycles. The van der Waals surface area contributed by atoms with Crippen molar-refractivity contribution in [2.75, 3.05) is 5.32 Å². The molecule has 0 bridgehead atoms. The van der Waals surface area contributed by atoms with Gasteiger partial charge in [0.15, 0.2) is 0 Å². The van der Waals surface area contributed by atoms with Crippen LogP contribution in [0, 0.1) is 6.92 Å². The Bertz CT molecular complexity index is 1110. The highest BCUT2D eigenvalue weighted by atomic mass is 35.5. The van der Waals surface area contributed by atoms with E-state index in [0.717, 1.165) is 18.4 Å². The Kier molecular flexibility index (Phi) is 5.82. The molecule has 0 radical (unpaired) electrons. The van der Waals surface area contributed by atoms with Crippen LogP contribution in [0.15, 0.2) is 39.2 Å². The maximum Gasteiger partial charge on any atom is 0.332 e. The fourth-order valence-electron chi connectivity index (χ4n) is 2.88. The van der Waals surface area contributed by atoms with Gasteiger partial charge in [0.1, 0.15) is 11.2 Å². The number of nitrogens with one attached hydrogen (secondary N) is 1. The Hall–Kier alpha value is -2.38. The fraction of sp³-hybridized carbons (Fsp3) is 0.316. The topological polar surface area (TPSA) is 73.1 Å². The predicted octanol–water partition coefficient (Wildman–Crippen LogP) is 3.63. The summed E-state index contributed by atoms with van der Waals surface area (Å²) in [7, 11) is 0. The van der Waals surface area contributed by atoms with Crippen molar-refractivity contribution in [1.29, 1.82) is 0 Å². The number of amides is 1. The molecule has 0 aliphatic heterocycles. The van der Waals surface area contributed by atoms with Crippen molar-refractivity contribution in [3.8, 4) is 0 Å². The maximum atomic E-state index is 12.8. The monoisotopic (exact) mass is 405 g/mol. The molecule has 0 spiro atoms.